The SMILES string of the molecule is Cc1ccc(C)c(NC(CN)c2cccnc2)c1. The van der Waals surface area contributed by atoms with Gasteiger partial charge in [-0.25, -0.2) is 0 Å². The number of hydrogen-bond donors (Lipinski definition) is 2. The summed E-state index contributed by atoms with van der Waals surface area (Å²) in [6.07, 6.45) is 3.63. The van der Waals surface area contributed by atoms with E-state index in [-0.39, 0.29) is 6.04 Å². The Balaban J connectivity index is 2.23. The lowest BCUT2D eigenvalue weighted by molar-refractivity contribution is 0.784. The molecule has 0 bridgehead atoms. The van der Waals surface area contributed by atoms with Crippen molar-refractivity contribution in [2.75, 3.05) is 11.9 Å². The average Bonchev–Trinajstić information content (AvgIpc) is 2.41. The maximum absolute atomic E-state index is 5.85. The number of benzene rings is 1. The number of hydrogen-bond acceptors (Lipinski definition) is 3. The van der Waals surface area contributed by atoms with Crippen molar-refractivity contribution in [1.82, 2.24) is 4.98 Å². The van der Waals surface area contributed by atoms with Gasteiger partial charge in [0.25, 0.3) is 0 Å². The van der Waals surface area contributed by atoms with Crippen LogP contribution in [-0.4, -0.2) is 11.5 Å². The van der Waals surface area contributed by atoms with Gasteiger partial charge in [0.1, 0.15) is 0 Å². The largest absolute Gasteiger partial charge is 0.377 e. The zero-order valence-corrected chi connectivity index (χ0v) is 10.9. The Kier molecular flexibility index (Phi) is 3.95. The summed E-state index contributed by atoms with van der Waals surface area (Å²) >= 11 is 0. The Morgan fingerprint density at radius 1 is 1.28 bits per heavy atom. The van der Waals surface area contributed by atoms with Crippen molar-refractivity contribution in [1.29, 1.82) is 0 Å². The predicted molar refractivity (Wildman–Crippen MR) is 75.6 cm³/mol. The van der Waals surface area contributed by atoms with E-state index in [1.807, 2.05) is 18.3 Å². The first-order valence-electron chi connectivity index (χ1n) is 6.14. The van der Waals surface area contributed by atoms with Crippen molar-refractivity contribution < 1.29 is 0 Å². The topological polar surface area (TPSA) is 50.9 Å². The first kappa shape index (κ1) is 12.6. The number of nitrogens with one attached hydrogen (secondary N) is 1. The van der Waals surface area contributed by atoms with Crippen LogP contribution in [0.5, 0.6) is 0 Å². The molecule has 3 heteroatoms. The summed E-state index contributed by atoms with van der Waals surface area (Å²) in [4.78, 5) is 4.14. The maximum atomic E-state index is 5.85. The zero-order valence-electron chi connectivity index (χ0n) is 10.9. The standard InChI is InChI=1S/C15H19N3/c1-11-5-6-12(2)14(8-11)18-15(9-16)13-4-3-7-17-10-13/h3-8,10,15,18H,9,16H2,1-2H3. The third kappa shape index (κ3) is 2.87. The molecule has 0 fully saturated rings. The summed E-state index contributed by atoms with van der Waals surface area (Å²) in [6, 6.07) is 10.5. The van der Waals surface area contributed by atoms with Crippen LogP contribution < -0.4 is 11.1 Å². The fourth-order valence-electron chi connectivity index (χ4n) is 1.94. The number of aromatic nitrogens is 1. The third-order valence-electron chi connectivity index (χ3n) is 3.05. The lowest BCUT2D eigenvalue weighted by Gasteiger charge is -2.20. The number of nitrogens with two attached hydrogens (primary N) is 1. The molecule has 3 N–H and O–H groups in total. The van der Waals surface area contributed by atoms with E-state index in [1.54, 1.807) is 6.20 Å². The van der Waals surface area contributed by atoms with Crippen LogP contribution in [0.2, 0.25) is 0 Å². The van der Waals surface area contributed by atoms with Crippen LogP contribution in [0, 0.1) is 13.8 Å². The second-order valence-corrected chi connectivity index (χ2v) is 4.54. The highest BCUT2D eigenvalue weighted by Gasteiger charge is 2.10. The van der Waals surface area contributed by atoms with Gasteiger partial charge in [-0.2, -0.15) is 0 Å². The molecule has 0 aliphatic rings. The fourth-order valence-corrected chi connectivity index (χ4v) is 1.94. The minimum atomic E-state index is 0.0965. The van der Waals surface area contributed by atoms with Crippen molar-refractivity contribution in [3.8, 4) is 0 Å². The van der Waals surface area contributed by atoms with E-state index >= 15 is 0 Å². The Morgan fingerprint density at radius 3 is 2.78 bits per heavy atom. The van der Waals surface area contributed by atoms with Crippen LogP contribution in [0.3, 0.4) is 0 Å². The minimum absolute atomic E-state index is 0.0965. The van der Waals surface area contributed by atoms with E-state index in [4.69, 9.17) is 5.73 Å². The molecule has 94 valence electrons. The Hall–Kier alpha value is -1.87. The molecule has 1 unspecified atom stereocenters. The molecular weight excluding hydrogens is 222 g/mol. The van der Waals surface area contributed by atoms with Gasteiger partial charge in [-0.05, 0) is 42.7 Å². The molecule has 3 nitrogen and oxygen atoms in total. The van der Waals surface area contributed by atoms with Gasteiger partial charge in [0, 0.05) is 24.6 Å². The van der Waals surface area contributed by atoms with Crippen molar-refractivity contribution in [3.63, 3.8) is 0 Å². The summed E-state index contributed by atoms with van der Waals surface area (Å²) in [5, 5.41) is 3.49. The summed E-state index contributed by atoms with van der Waals surface area (Å²) in [6.45, 7) is 4.73. The molecule has 0 radical (unpaired) electrons. The molecule has 1 atom stereocenters. The smallest absolute Gasteiger partial charge is 0.0651 e. The zero-order chi connectivity index (χ0) is 13.0. The number of pyridine rings is 1. The van der Waals surface area contributed by atoms with Crippen molar-refractivity contribution in [3.05, 3.63) is 59.4 Å². The van der Waals surface area contributed by atoms with Crippen LogP contribution in [0.4, 0.5) is 5.69 Å². The molecule has 0 aliphatic heterocycles. The Bertz CT molecular complexity index is 508. The molecular formula is C15H19N3. The highest BCUT2D eigenvalue weighted by Crippen LogP contribution is 2.22. The van der Waals surface area contributed by atoms with Gasteiger partial charge in [0.05, 0.1) is 6.04 Å². The van der Waals surface area contributed by atoms with E-state index in [9.17, 15) is 0 Å². The van der Waals surface area contributed by atoms with Crippen molar-refractivity contribution in [2.45, 2.75) is 19.9 Å². The van der Waals surface area contributed by atoms with Crippen LogP contribution in [0.25, 0.3) is 0 Å². The highest BCUT2D eigenvalue weighted by molar-refractivity contribution is 5.54. The number of nitrogens with zero attached hydrogens (tertiary/aromatic N) is 1. The molecule has 18 heavy (non-hydrogen) atoms. The molecule has 1 aromatic heterocycles. The van der Waals surface area contributed by atoms with Crippen LogP contribution >= 0.6 is 0 Å². The van der Waals surface area contributed by atoms with Gasteiger partial charge in [-0.3, -0.25) is 4.98 Å². The summed E-state index contributed by atoms with van der Waals surface area (Å²) in [5.74, 6) is 0. The predicted octanol–water partition coefficient (Wildman–Crippen LogP) is 2.81. The number of rotatable bonds is 4. The highest BCUT2D eigenvalue weighted by atomic mass is 14.9. The van der Waals surface area contributed by atoms with Gasteiger partial charge < -0.3 is 11.1 Å². The quantitative estimate of drug-likeness (QED) is 0.865. The minimum Gasteiger partial charge on any atom is -0.377 e. The van der Waals surface area contributed by atoms with E-state index in [0.717, 1.165) is 11.3 Å². The molecule has 0 amide bonds. The lowest BCUT2D eigenvalue weighted by atomic mass is 10.1. The number of anilines is 1. The summed E-state index contributed by atoms with van der Waals surface area (Å²) in [7, 11) is 0. The van der Waals surface area contributed by atoms with Gasteiger partial charge in [-0.15, -0.1) is 0 Å². The Labute approximate surface area is 108 Å². The summed E-state index contributed by atoms with van der Waals surface area (Å²) < 4.78 is 0. The fraction of sp³-hybridized carbons (Fsp3) is 0.267. The monoisotopic (exact) mass is 241 g/mol. The van der Waals surface area contributed by atoms with Crippen molar-refractivity contribution in [2.24, 2.45) is 5.73 Å². The second-order valence-electron chi connectivity index (χ2n) is 4.54. The molecule has 0 saturated carbocycles. The van der Waals surface area contributed by atoms with E-state index in [1.165, 1.54) is 11.1 Å². The first-order chi connectivity index (χ1) is 8.70. The maximum Gasteiger partial charge on any atom is 0.0651 e. The molecule has 1 aromatic carbocycles. The Morgan fingerprint density at radius 2 is 2.11 bits per heavy atom. The van der Waals surface area contributed by atoms with Crippen LogP contribution in [0.15, 0.2) is 42.7 Å². The van der Waals surface area contributed by atoms with Gasteiger partial charge in [0.15, 0.2) is 0 Å². The van der Waals surface area contributed by atoms with Gasteiger partial charge >= 0.3 is 0 Å². The van der Waals surface area contributed by atoms with E-state index in [0.29, 0.717) is 6.54 Å². The van der Waals surface area contributed by atoms with E-state index in [2.05, 4.69) is 42.3 Å². The normalized spacial score (nSPS) is 12.2. The summed E-state index contributed by atoms with van der Waals surface area (Å²) in [5.41, 5.74) is 10.6. The molecule has 2 rings (SSSR count). The third-order valence-corrected chi connectivity index (χ3v) is 3.05. The van der Waals surface area contributed by atoms with Crippen LogP contribution in [-0.2, 0) is 0 Å². The van der Waals surface area contributed by atoms with E-state index < -0.39 is 0 Å². The van der Waals surface area contributed by atoms with Crippen LogP contribution in [0.1, 0.15) is 22.7 Å². The second kappa shape index (κ2) is 5.65. The molecule has 0 saturated heterocycles. The molecule has 1 heterocycles. The molecule has 0 aliphatic carbocycles. The van der Waals surface area contributed by atoms with Gasteiger partial charge in [-0.1, -0.05) is 18.2 Å². The average molecular weight is 241 g/mol. The first-order valence-corrected chi connectivity index (χ1v) is 6.14. The molecule has 0 spiro atoms. The van der Waals surface area contributed by atoms with Gasteiger partial charge in [0.2, 0.25) is 0 Å². The number of aryl methyl sites for hydroxylation is 2. The lowest BCUT2D eigenvalue weighted by Crippen LogP contribution is -2.21. The van der Waals surface area contributed by atoms with Crippen molar-refractivity contribution >= 4 is 5.69 Å². The molecule has 2 aromatic rings.